The Balaban J connectivity index is 1.48. The van der Waals surface area contributed by atoms with Crippen molar-refractivity contribution in [1.82, 2.24) is 19.7 Å². The van der Waals surface area contributed by atoms with Gasteiger partial charge in [0.15, 0.2) is 0 Å². The molecule has 1 unspecified atom stereocenters. The second kappa shape index (κ2) is 8.46. The van der Waals surface area contributed by atoms with Crippen LogP contribution in [-0.4, -0.2) is 44.9 Å². The number of amides is 1. The van der Waals surface area contributed by atoms with E-state index >= 15 is 0 Å². The van der Waals surface area contributed by atoms with Crippen molar-refractivity contribution in [2.45, 2.75) is 56.7 Å². The van der Waals surface area contributed by atoms with Crippen LogP contribution in [0.1, 0.15) is 65.6 Å². The average molecular weight is 385 g/mol. The summed E-state index contributed by atoms with van der Waals surface area (Å²) in [6, 6.07) is 8.09. The van der Waals surface area contributed by atoms with Crippen LogP contribution in [0.2, 0.25) is 0 Å². The van der Waals surface area contributed by atoms with Crippen LogP contribution in [0.25, 0.3) is 0 Å². The van der Waals surface area contributed by atoms with E-state index < -0.39 is 0 Å². The van der Waals surface area contributed by atoms with Gasteiger partial charge in [0, 0.05) is 43.3 Å². The molecule has 0 aliphatic carbocycles. The van der Waals surface area contributed by atoms with Crippen molar-refractivity contribution in [1.29, 1.82) is 0 Å². The molecule has 1 aromatic heterocycles. The van der Waals surface area contributed by atoms with E-state index in [1.807, 2.05) is 17.0 Å². The number of hydrogen-bond donors (Lipinski definition) is 0. The summed E-state index contributed by atoms with van der Waals surface area (Å²) in [4.78, 5) is 15.0. The molecule has 1 aromatic carbocycles. The van der Waals surface area contributed by atoms with Gasteiger partial charge < -0.3 is 9.47 Å². The predicted molar refractivity (Wildman–Crippen MR) is 109 cm³/mol. The molecule has 0 radical (unpaired) electrons. The third kappa shape index (κ3) is 4.05. The maximum Gasteiger partial charge on any atom is 0.253 e. The Morgan fingerprint density at radius 3 is 2.78 bits per heavy atom. The van der Waals surface area contributed by atoms with Crippen LogP contribution in [0.15, 0.2) is 24.3 Å². The first-order valence-corrected chi connectivity index (χ1v) is 11.4. The molecule has 3 heterocycles. The zero-order valence-electron chi connectivity index (χ0n) is 16.1. The summed E-state index contributed by atoms with van der Waals surface area (Å²) in [6.45, 7) is 2.62. The number of nitrogens with zero attached hydrogens (tertiary/aromatic N) is 4. The fourth-order valence-electron chi connectivity index (χ4n) is 4.27. The van der Waals surface area contributed by atoms with Crippen LogP contribution < -0.4 is 0 Å². The molecule has 2 aliphatic heterocycles. The van der Waals surface area contributed by atoms with Gasteiger partial charge in [-0.05, 0) is 49.6 Å². The van der Waals surface area contributed by atoms with Crippen molar-refractivity contribution in [3.63, 3.8) is 0 Å². The molecule has 0 spiro atoms. The molecule has 1 amide bonds. The Hall–Kier alpha value is -1.82. The summed E-state index contributed by atoms with van der Waals surface area (Å²) < 4.78 is 2.34. The molecular formula is C21H28N4OS. The van der Waals surface area contributed by atoms with E-state index in [0.29, 0.717) is 5.92 Å². The van der Waals surface area contributed by atoms with Crippen molar-refractivity contribution in [3.05, 3.63) is 47.0 Å². The number of rotatable bonds is 4. The smallest absolute Gasteiger partial charge is 0.253 e. The van der Waals surface area contributed by atoms with Crippen LogP contribution in [-0.2, 0) is 18.7 Å². The third-order valence-electron chi connectivity index (χ3n) is 5.72. The molecule has 4 rings (SSSR count). The molecular weight excluding hydrogens is 356 g/mol. The Morgan fingerprint density at radius 2 is 1.96 bits per heavy atom. The third-order valence-corrected chi connectivity index (χ3v) is 6.35. The first-order chi connectivity index (χ1) is 13.3. The fourth-order valence-corrected chi connectivity index (χ4v) is 4.80. The molecule has 0 N–H and O–H groups in total. The van der Waals surface area contributed by atoms with E-state index in [2.05, 4.69) is 33.2 Å². The molecule has 1 fully saturated rings. The maximum atomic E-state index is 13.0. The van der Waals surface area contributed by atoms with Crippen LogP contribution >= 0.6 is 11.8 Å². The number of benzene rings is 1. The largest absolute Gasteiger partial charge is 0.338 e. The van der Waals surface area contributed by atoms with Crippen LogP contribution in [0, 0.1) is 0 Å². The zero-order valence-corrected chi connectivity index (χ0v) is 16.9. The normalized spacial score (nSPS) is 20.2. The van der Waals surface area contributed by atoms with Gasteiger partial charge >= 0.3 is 0 Å². The molecule has 2 aromatic rings. The summed E-state index contributed by atoms with van der Waals surface area (Å²) in [5.41, 5.74) is 2.06. The highest BCUT2D eigenvalue weighted by atomic mass is 32.2. The lowest BCUT2D eigenvalue weighted by Gasteiger charge is -2.32. The molecule has 1 saturated heterocycles. The highest BCUT2D eigenvalue weighted by molar-refractivity contribution is 7.97. The van der Waals surface area contributed by atoms with Crippen molar-refractivity contribution in [2.24, 2.45) is 0 Å². The number of thioether (sulfide) groups is 1. The van der Waals surface area contributed by atoms with Crippen molar-refractivity contribution < 1.29 is 4.79 Å². The number of fused-ring (bicyclic) bond motifs is 1. The Labute approximate surface area is 165 Å². The predicted octanol–water partition coefficient (Wildman–Crippen LogP) is 3.89. The fraction of sp³-hybridized carbons (Fsp3) is 0.571. The minimum Gasteiger partial charge on any atom is -0.338 e. The molecule has 1 atom stereocenters. The number of piperidine rings is 1. The highest BCUT2D eigenvalue weighted by Gasteiger charge is 2.29. The van der Waals surface area contributed by atoms with Gasteiger partial charge in [0.1, 0.15) is 11.6 Å². The lowest BCUT2D eigenvalue weighted by molar-refractivity contribution is 0.0703. The number of carbonyl (C=O) groups is 1. The number of aryl methyl sites for hydroxylation is 1. The lowest BCUT2D eigenvalue weighted by Crippen LogP contribution is -2.39. The van der Waals surface area contributed by atoms with Gasteiger partial charge in [-0.3, -0.25) is 4.79 Å². The van der Waals surface area contributed by atoms with E-state index in [1.54, 1.807) is 11.8 Å². The van der Waals surface area contributed by atoms with Gasteiger partial charge in [-0.1, -0.05) is 18.6 Å². The van der Waals surface area contributed by atoms with Gasteiger partial charge in [-0.25, -0.2) is 0 Å². The first kappa shape index (κ1) is 18.5. The summed E-state index contributed by atoms with van der Waals surface area (Å²) in [5.74, 6) is 3.66. The summed E-state index contributed by atoms with van der Waals surface area (Å²) in [6.07, 6.45) is 8.93. The SMILES string of the molecule is CSCc1ccc(C(=O)N2CCCC(c3nnc4n3CCCCC4)C2)cc1. The van der Waals surface area contributed by atoms with Crippen molar-refractivity contribution in [2.75, 3.05) is 19.3 Å². The van der Waals surface area contributed by atoms with Gasteiger partial charge in [-0.15, -0.1) is 10.2 Å². The van der Waals surface area contributed by atoms with E-state index in [9.17, 15) is 4.79 Å². The Bertz CT molecular complexity index is 786. The van der Waals surface area contributed by atoms with Crippen LogP contribution in [0.3, 0.4) is 0 Å². The molecule has 0 saturated carbocycles. The monoisotopic (exact) mass is 384 g/mol. The van der Waals surface area contributed by atoms with Crippen LogP contribution in [0.4, 0.5) is 0 Å². The minimum absolute atomic E-state index is 0.144. The lowest BCUT2D eigenvalue weighted by atomic mass is 9.96. The number of likely N-dealkylation sites (tertiary alicyclic amines) is 1. The molecule has 5 nitrogen and oxygen atoms in total. The quantitative estimate of drug-likeness (QED) is 0.802. The Morgan fingerprint density at radius 1 is 1.11 bits per heavy atom. The first-order valence-electron chi connectivity index (χ1n) is 10.1. The number of hydrogen-bond acceptors (Lipinski definition) is 4. The average Bonchev–Trinajstić information content (AvgIpc) is 2.97. The van der Waals surface area contributed by atoms with Gasteiger partial charge in [0.25, 0.3) is 5.91 Å². The van der Waals surface area contributed by atoms with Crippen LogP contribution in [0.5, 0.6) is 0 Å². The molecule has 2 aliphatic rings. The van der Waals surface area contributed by atoms with E-state index in [-0.39, 0.29) is 5.91 Å². The molecule has 0 bridgehead atoms. The minimum atomic E-state index is 0.144. The highest BCUT2D eigenvalue weighted by Crippen LogP contribution is 2.28. The van der Waals surface area contributed by atoms with Gasteiger partial charge in [-0.2, -0.15) is 11.8 Å². The summed E-state index contributed by atoms with van der Waals surface area (Å²) in [7, 11) is 0. The topological polar surface area (TPSA) is 51.0 Å². The molecule has 6 heteroatoms. The van der Waals surface area contributed by atoms with Crippen molar-refractivity contribution in [3.8, 4) is 0 Å². The Kier molecular flexibility index (Phi) is 5.81. The summed E-state index contributed by atoms with van der Waals surface area (Å²) >= 11 is 1.80. The van der Waals surface area contributed by atoms with E-state index in [0.717, 1.165) is 61.9 Å². The van der Waals surface area contributed by atoms with Gasteiger partial charge in [0.2, 0.25) is 0 Å². The van der Waals surface area contributed by atoms with E-state index in [1.165, 1.54) is 24.8 Å². The number of carbonyl (C=O) groups excluding carboxylic acids is 1. The number of aromatic nitrogens is 3. The summed E-state index contributed by atoms with van der Waals surface area (Å²) in [5, 5.41) is 8.99. The van der Waals surface area contributed by atoms with E-state index in [4.69, 9.17) is 0 Å². The van der Waals surface area contributed by atoms with Gasteiger partial charge in [0.05, 0.1) is 0 Å². The second-order valence-electron chi connectivity index (χ2n) is 7.66. The molecule has 27 heavy (non-hydrogen) atoms. The zero-order chi connectivity index (χ0) is 18.6. The van der Waals surface area contributed by atoms with Crippen molar-refractivity contribution >= 4 is 17.7 Å². The standard InChI is InChI=1S/C21H28N4OS/c1-27-15-16-8-10-17(11-9-16)21(26)24-12-5-6-18(14-24)20-23-22-19-7-3-2-4-13-25(19)20/h8-11,18H,2-7,12-15H2,1H3. The molecule has 144 valence electrons. The second-order valence-corrected chi connectivity index (χ2v) is 8.52. The maximum absolute atomic E-state index is 13.0.